The summed E-state index contributed by atoms with van der Waals surface area (Å²) in [5.74, 6) is 0. The van der Waals surface area contributed by atoms with Crippen LogP contribution in [0.1, 0.15) is 45.3 Å². The highest BCUT2D eigenvalue weighted by atomic mass is 16.6. The van der Waals surface area contributed by atoms with Crippen LogP contribution in [0.15, 0.2) is 29.5 Å². The lowest BCUT2D eigenvalue weighted by molar-refractivity contribution is 0.0184. The lowest BCUT2D eigenvalue weighted by atomic mass is 10.0. The minimum Gasteiger partial charge on any atom is -0.444 e. The van der Waals surface area contributed by atoms with Crippen LogP contribution in [-0.4, -0.2) is 53.8 Å². The molecule has 1 aliphatic rings. The van der Waals surface area contributed by atoms with E-state index in [0.717, 1.165) is 24.1 Å². The molecule has 0 saturated carbocycles. The van der Waals surface area contributed by atoms with Gasteiger partial charge in [-0.15, -0.1) is 0 Å². The molecule has 0 bridgehead atoms. The molecule has 3 aromatic heterocycles. The van der Waals surface area contributed by atoms with E-state index in [0.29, 0.717) is 24.4 Å². The van der Waals surface area contributed by atoms with E-state index in [-0.39, 0.29) is 17.8 Å². The number of imidazole rings is 1. The number of amides is 1. The summed E-state index contributed by atoms with van der Waals surface area (Å²) in [6.07, 6.45) is 6.35. The first-order valence-electron chi connectivity index (χ1n) is 9.82. The first-order valence-corrected chi connectivity index (χ1v) is 9.82. The predicted octanol–water partition coefficient (Wildman–Crippen LogP) is 2.77. The number of likely N-dealkylation sites (tertiary alicyclic amines) is 1. The molecule has 4 heterocycles. The van der Waals surface area contributed by atoms with Crippen molar-refractivity contribution in [3.63, 3.8) is 0 Å². The first-order chi connectivity index (χ1) is 13.7. The second kappa shape index (κ2) is 7.06. The number of nitrogens with one attached hydrogen (secondary N) is 1. The van der Waals surface area contributed by atoms with Gasteiger partial charge in [-0.25, -0.2) is 14.6 Å². The Morgan fingerprint density at radius 1 is 1.28 bits per heavy atom. The average molecular weight is 398 g/mol. The van der Waals surface area contributed by atoms with Crippen molar-refractivity contribution in [2.75, 3.05) is 13.1 Å². The molecule has 1 N–H and O–H groups in total. The molecule has 0 aliphatic carbocycles. The molecule has 0 radical (unpaired) electrons. The SMILES string of the molecule is Cc1c(-c2cc3nccn3c(=O)[nH]2)cnn1C1CCN(C(=O)OC(C)(C)C)CC1. The lowest BCUT2D eigenvalue weighted by Crippen LogP contribution is -2.42. The Balaban J connectivity index is 1.51. The Morgan fingerprint density at radius 2 is 2.00 bits per heavy atom. The zero-order chi connectivity index (χ0) is 20.8. The molecular weight excluding hydrogens is 372 g/mol. The van der Waals surface area contributed by atoms with Crippen LogP contribution in [0.5, 0.6) is 0 Å². The van der Waals surface area contributed by atoms with E-state index < -0.39 is 5.60 Å². The van der Waals surface area contributed by atoms with Gasteiger partial charge in [0.15, 0.2) is 0 Å². The van der Waals surface area contributed by atoms with Crippen LogP contribution in [0.25, 0.3) is 16.9 Å². The number of carbonyl (C=O) groups is 1. The van der Waals surface area contributed by atoms with Gasteiger partial charge in [0.2, 0.25) is 0 Å². The lowest BCUT2D eigenvalue weighted by Gasteiger charge is -2.33. The third kappa shape index (κ3) is 3.76. The highest BCUT2D eigenvalue weighted by Crippen LogP contribution is 2.29. The van der Waals surface area contributed by atoms with Crippen molar-refractivity contribution < 1.29 is 9.53 Å². The molecule has 0 atom stereocenters. The molecule has 0 spiro atoms. The maximum Gasteiger partial charge on any atom is 0.410 e. The van der Waals surface area contributed by atoms with Crippen LogP contribution >= 0.6 is 0 Å². The summed E-state index contributed by atoms with van der Waals surface area (Å²) in [6, 6.07) is 2.05. The summed E-state index contributed by atoms with van der Waals surface area (Å²) in [6.45, 7) is 8.87. The monoisotopic (exact) mass is 398 g/mol. The number of hydrogen-bond acceptors (Lipinski definition) is 5. The number of piperidine rings is 1. The van der Waals surface area contributed by atoms with Gasteiger partial charge in [0.1, 0.15) is 11.2 Å². The maximum absolute atomic E-state index is 12.3. The van der Waals surface area contributed by atoms with E-state index in [1.807, 2.05) is 38.4 Å². The fraction of sp³-hybridized carbons (Fsp3) is 0.500. The molecule has 154 valence electrons. The van der Waals surface area contributed by atoms with Crippen LogP contribution in [-0.2, 0) is 4.74 Å². The van der Waals surface area contributed by atoms with Crippen LogP contribution in [0.4, 0.5) is 4.79 Å². The van der Waals surface area contributed by atoms with Crippen molar-refractivity contribution in [1.82, 2.24) is 29.0 Å². The third-order valence-corrected chi connectivity index (χ3v) is 5.20. The van der Waals surface area contributed by atoms with Gasteiger partial charge in [-0.05, 0) is 40.5 Å². The normalized spacial score (nSPS) is 15.8. The smallest absolute Gasteiger partial charge is 0.410 e. The van der Waals surface area contributed by atoms with Crippen LogP contribution in [0.2, 0.25) is 0 Å². The van der Waals surface area contributed by atoms with Crippen molar-refractivity contribution >= 4 is 11.7 Å². The second-order valence-corrected chi connectivity index (χ2v) is 8.43. The largest absolute Gasteiger partial charge is 0.444 e. The highest BCUT2D eigenvalue weighted by molar-refractivity contribution is 5.68. The van der Waals surface area contributed by atoms with Crippen molar-refractivity contribution in [1.29, 1.82) is 0 Å². The highest BCUT2D eigenvalue weighted by Gasteiger charge is 2.28. The van der Waals surface area contributed by atoms with Crippen molar-refractivity contribution in [2.45, 2.75) is 52.2 Å². The number of fused-ring (bicyclic) bond motifs is 1. The molecule has 3 aromatic rings. The fourth-order valence-corrected chi connectivity index (χ4v) is 3.75. The number of hydrogen-bond donors (Lipinski definition) is 1. The van der Waals surface area contributed by atoms with Gasteiger partial charge in [0.05, 0.1) is 17.9 Å². The van der Waals surface area contributed by atoms with E-state index >= 15 is 0 Å². The Kier molecular flexibility index (Phi) is 4.68. The zero-order valence-corrected chi connectivity index (χ0v) is 17.2. The van der Waals surface area contributed by atoms with E-state index in [9.17, 15) is 9.59 Å². The van der Waals surface area contributed by atoms with Crippen molar-refractivity contribution in [2.24, 2.45) is 0 Å². The van der Waals surface area contributed by atoms with Crippen molar-refractivity contribution in [3.05, 3.63) is 40.8 Å². The molecule has 0 aromatic carbocycles. The minimum atomic E-state index is -0.492. The molecule has 1 fully saturated rings. The van der Waals surface area contributed by atoms with Crippen molar-refractivity contribution in [3.8, 4) is 11.3 Å². The Hall–Kier alpha value is -3.10. The third-order valence-electron chi connectivity index (χ3n) is 5.20. The molecule has 9 heteroatoms. The van der Waals surface area contributed by atoms with Crippen LogP contribution < -0.4 is 5.69 Å². The molecule has 9 nitrogen and oxygen atoms in total. The number of carbonyl (C=O) groups excluding carboxylic acids is 1. The summed E-state index contributed by atoms with van der Waals surface area (Å²) < 4.78 is 8.93. The van der Waals surface area contributed by atoms with Gasteiger partial charge in [-0.3, -0.25) is 9.08 Å². The first kappa shape index (κ1) is 19.2. The van der Waals surface area contributed by atoms with Crippen LogP contribution in [0, 0.1) is 6.92 Å². The fourth-order valence-electron chi connectivity index (χ4n) is 3.75. The Bertz CT molecular complexity index is 1100. The van der Waals surface area contributed by atoms with Gasteiger partial charge < -0.3 is 14.6 Å². The van der Waals surface area contributed by atoms with E-state index in [1.165, 1.54) is 4.40 Å². The predicted molar refractivity (Wildman–Crippen MR) is 108 cm³/mol. The van der Waals surface area contributed by atoms with E-state index in [2.05, 4.69) is 15.1 Å². The Labute approximate surface area is 168 Å². The molecule has 1 aliphatic heterocycles. The maximum atomic E-state index is 12.3. The van der Waals surface area contributed by atoms with E-state index in [1.54, 1.807) is 23.5 Å². The number of nitrogens with zero attached hydrogens (tertiary/aromatic N) is 5. The summed E-state index contributed by atoms with van der Waals surface area (Å²) in [5.41, 5.74) is 2.43. The Morgan fingerprint density at radius 3 is 2.69 bits per heavy atom. The van der Waals surface area contributed by atoms with Gasteiger partial charge in [0.25, 0.3) is 0 Å². The summed E-state index contributed by atoms with van der Waals surface area (Å²) in [5, 5.41) is 4.58. The number of H-pyrrole nitrogens is 1. The second-order valence-electron chi connectivity index (χ2n) is 8.43. The summed E-state index contributed by atoms with van der Waals surface area (Å²) >= 11 is 0. The molecule has 1 amide bonds. The van der Waals surface area contributed by atoms with Gasteiger partial charge in [0, 0.05) is 42.8 Å². The number of rotatable bonds is 2. The van der Waals surface area contributed by atoms with Gasteiger partial charge in [-0.2, -0.15) is 5.10 Å². The summed E-state index contributed by atoms with van der Waals surface area (Å²) in [4.78, 5) is 33.4. The number of ether oxygens (including phenoxy) is 1. The van der Waals surface area contributed by atoms with E-state index in [4.69, 9.17) is 4.74 Å². The molecule has 0 unspecified atom stereocenters. The minimum absolute atomic E-state index is 0.198. The summed E-state index contributed by atoms with van der Waals surface area (Å²) in [7, 11) is 0. The molecular formula is C20H26N6O3. The van der Waals surface area contributed by atoms with Crippen LogP contribution in [0.3, 0.4) is 0 Å². The van der Waals surface area contributed by atoms with Gasteiger partial charge >= 0.3 is 11.8 Å². The molecule has 4 rings (SSSR count). The zero-order valence-electron chi connectivity index (χ0n) is 17.2. The topological polar surface area (TPSA) is 97.5 Å². The average Bonchev–Trinajstić information content (AvgIpc) is 3.27. The van der Waals surface area contributed by atoms with Gasteiger partial charge in [-0.1, -0.05) is 0 Å². The molecule has 1 saturated heterocycles. The number of aromatic nitrogens is 5. The molecule has 29 heavy (non-hydrogen) atoms. The quantitative estimate of drug-likeness (QED) is 0.716. The number of aromatic amines is 1. The standard InChI is InChI=1S/C20H26N6O3/c1-13-15(16-11-17-21-7-10-25(17)18(27)23-16)12-22-26(13)14-5-8-24(9-6-14)19(28)29-20(2,3)4/h7,10-12,14H,5-6,8-9H2,1-4H3,(H,23,27).